The molecular formula is C13H11N3O4. The van der Waals surface area contributed by atoms with Crippen molar-refractivity contribution in [2.24, 2.45) is 0 Å². The number of nitro benzene ring substituents is 1. The zero-order valence-corrected chi connectivity index (χ0v) is 10.3. The zero-order valence-electron chi connectivity index (χ0n) is 10.3. The molecule has 2 aromatic rings. The fourth-order valence-corrected chi connectivity index (χ4v) is 1.71. The van der Waals surface area contributed by atoms with E-state index in [-0.39, 0.29) is 17.9 Å². The molecule has 0 atom stereocenters. The van der Waals surface area contributed by atoms with Crippen LogP contribution in [0.4, 0.5) is 16.2 Å². The van der Waals surface area contributed by atoms with Crippen molar-refractivity contribution in [3.63, 3.8) is 0 Å². The van der Waals surface area contributed by atoms with E-state index >= 15 is 0 Å². The summed E-state index contributed by atoms with van der Waals surface area (Å²) in [4.78, 5) is 26.4. The van der Waals surface area contributed by atoms with Crippen LogP contribution in [0.2, 0.25) is 0 Å². The predicted octanol–water partition coefficient (Wildman–Crippen LogP) is 2.67. The highest BCUT2D eigenvalue weighted by Gasteiger charge is 2.17. The molecule has 0 radical (unpaired) electrons. The number of hydrogen-bond donors (Lipinski definition) is 1. The molecule has 20 heavy (non-hydrogen) atoms. The number of carboxylic acid groups (broad SMARTS) is 1. The first kappa shape index (κ1) is 13.5. The van der Waals surface area contributed by atoms with Crippen molar-refractivity contribution in [2.45, 2.75) is 6.54 Å². The second-order valence-corrected chi connectivity index (χ2v) is 4.00. The summed E-state index contributed by atoms with van der Waals surface area (Å²) in [5, 5.41) is 20.0. The van der Waals surface area contributed by atoms with Crippen LogP contribution in [-0.4, -0.2) is 21.1 Å². The third-order valence-electron chi connectivity index (χ3n) is 2.67. The molecule has 0 aliphatic heterocycles. The number of amides is 1. The van der Waals surface area contributed by atoms with Crippen LogP contribution in [-0.2, 0) is 6.54 Å². The fourth-order valence-electron chi connectivity index (χ4n) is 1.71. The van der Waals surface area contributed by atoms with E-state index in [1.54, 1.807) is 24.5 Å². The topological polar surface area (TPSA) is 96.6 Å². The van der Waals surface area contributed by atoms with Crippen molar-refractivity contribution in [1.29, 1.82) is 0 Å². The Morgan fingerprint density at radius 1 is 1.30 bits per heavy atom. The number of pyridine rings is 1. The number of aromatic nitrogens is 1. The Morgan fingerprint density at radius 2 is 2.00 bits per heavy atom. The quantitative estimate of drug-likeness (QED) is 0.682. The van der Waals surface area contributed by atoms with Crippen LogP contribution < -0.4 is 4.90 Å². The lowest BCUT2D eigenvalue weighted by atomic mass is 10.2. The van der Waals surface area contributed by atoms with Crippen molar-refractivity contribution in [3.8, 4) is 0 Å². The molecule has 0 aliphatic carbocycles. The summed E-state index contributed by atoms with van der Waals surface area (Å²) in [6.07, 6.45) is 1.94. The van der Waals surface area contributed by atoms with Gasteiger partial charge in [-0.05, 0) is 23.8 Å². The minimum atomic E-state index is -1.18. The number of hydrogen-bond acceptors (Lipinski definition) is 4. The lowest BCUT2D eigenvalue weighted by Gasteiger charge is -2.19. The number of anilines is 1. The van der Waals surface area contributed by atoms with E-state index in [0.29, 0.717) is 0 Å². The van der Waals surface area contributed by atoms with Crippen molar-refractivity contribution in [3.05, 3.63) is 64.5 Å². The molecule has 1 N–H and O–H groups in total. The van der Waals surface area contributed by atoms with E-state index < -0.39 is 11.0 Å². The van der Waals surface area contributed by atoms with Crippen LogP contribution in [0, 0.1) is 10.1 Å². The molecule has 102 valence electrons. The van der Waals surface area contributed by atoms with Crippen molar-refractivity contribution < 1.29 is 14.8 Å². The van der Waals surface area contributed by atoms with Crippen LogP contribution in [0.15, 0.2) is 48.8 Å². The zero-order chi connectivity index (χ0) is 14.5. The van der Waals surface area contributed by atoms with Gasteiger partial charge >= 0.3 is 6.09 Å². The van der Waals surface area contributed by atoms with Gasteiger partial charge in [-0.15, -0.1) is 0 Å². The normalized spacial score (nSPS) is 10.0. The lowest BCUT2D eigenvalue weighted by Crippen LogP contribution is -2.28. The molecule has 0 bridgehead atoms. The van der Waals surface area contributed by atoms with Gasteiger partial charge in [0.05, 0.1) is 17.2 Å². The highest BCUT2D eigenvalue weighted by atomic mass is 16.6. The summed E-state index contributed by atoms with van der Waals surface area (Å²) in [6, 6.07) is 8.89. The number of nitro groups is 1. The van der Waals surface area contributed by atoms with E-state index in [0.717, 1.165) is 10.5 Å². The minimum absolute atomic E-state index is 0.0963. The lowest BCUT2D eigenvalue weighted by molar-refractivity contribution is -0.384. The summed E-state index contributed by atoms with van der Waals surface area (Å²) >= 11 is 0. The van der Waals surface area contributed by atoms with Gasteiger partial charge in [0.1, 0.15) is 0 Å². The molecule has 1 aromatic carbocycles. The minimum Gasteiger partial charge on any atom is -0.465 e. The smallest absolute Gasteiger partial charge is 0.412 e. The molecule has 7 nitrogen and oxygen atoms in total. The van der Waals surface area contributed by atoms with E-state index in [2.05, 4.69) is 4.98 Å². The largest absolute Gasteiger partial charge is 0.465 e. The van der Waals surface area contributed by atoms with Crippen LogP contribution >= 0.6 is 0 Å². The maximum Gasteiger partial charge on any atom is 0.412 e. The third kappa shape index (κ3) is 3.08. The molecule has 0 fully saturated rings. The van der Waals surface area contributed by atoms with E-state index in [1.165, 1.54) is 24.3 Å². The summed E-state index contributed by atoms with van der Waals surface area (Å²) < 4.78 is 0. The van der Waals surface area contributed by atoms with Gasteiger partial charge < -0.3 is 5.11 Å². The van der Waals surface area contributed by atoms with E-state index in [4.69, 9.17) is 0 Å². The standard InChI is InChI=1S/C13H11N3O4/c17-13(18)15(9-10-4-6-14-7-5-10)11-2-1-3-12(8-11)16(19)20/h1-8H,9H2,(H,17,18). The second-order valence-electron chi connectivity index (χ2n) is 4.00. The number of non-ortho nitro benzene ring substituents is 1. The first-order valence-electron chi connectivity index (χ1n) is 5.72. The SMILES string of the molecule is O=C(O)N(Cc1ccncc1)c1cccc([N+](=O)[O-])c1. The first-order chi connectivity index (χ1) is 9.58. The molecule has 0 aliphatic rings. The van der Waals surface area contributed by atoms with Crippen LogP contribution in [0.25, 0.3) is 0 Å². The number of nitrogens with zero attached hydrogens (tertiary/aromatic N) is 3. The molecular weight excluding hydrogens is 262 g/mol. The Labute approximate surface area is 114 Å². The van der Waals surface area contributed by atoms with Gasteiger partial charge in [0.25, 0.3) is 5.69 Å². The Bertz CT molecular complexity index is 631. The first-order valence-corrected chi connectivity index (χ1v) is 5.72. The van der Waals surface area contributed by atoms with Gasteiger partial charge in [0.2, 0.25) is 0 Å². The molecule has 1 aromatic heterocycles. The molecule has 7 heteroatoms. The predicted molar refractivity (Wildman–Crippen MR) is 71.5 cm³/mol. The summed E-state index contributed by atoms with van der Waals surface area (Å²) in [7, 11) is 0. The van der Waals surface area contributed by atoms with E-state index in [1.807, 2.05) is 0 Å². The molecule has 2 rings (SSSR count). The molecule has 1 amide bonds. The van der Waals surface area contributed by atoms with Gasteiger partial charge in [0, 0.05) is 24.5 Å². The Kier molecular flexibility index (Phi) is 3.90. The molecule has 0 saturated carbocycles. The van der Waals surface area contributed by atoms with Crippen molar-refractivity contribution in [2.75, 3.05) is 4.90 Å². The number of rotatable bonds is 4. The third-order valence-corrected chi connectivity index (χ3v) is 2.67. The van der Waals surface area contributed by atoms with Crippen molar-refractivity contribution >= 4 is 17.5 Å². The maximum atomic E-state index is 11.3. The van der Waals surface area contributed by atoms with Crippen LogP contribution in [0.1, 0.15) is 5.56 Å². The highest BCUT2D eigenvalue weighted by molar-refractivity contribution is 5.86. The summed E-state index contributed by atoms with van der Waals surface area (Å²) in [5.74, 6) is 0. The average molecular weight is 273 g/mol. The fraction of sp³-hybridized carbons (Fsp3) is 0.0769. The molecule has 0 spiro atoms. The monoisotopic (exact) mass is 273 g/mol. The second kappa shape index (κ2) is 5.79. The van der Waals surface area contributed by atoms with Gasteiger partial charge in [-0.25, -0.2) is 4.79 Å². The van der Waals surface area contributed by atoms with Crippen LogP contribution in [0.5, 0.6) is 0 Å². The molecule has 1 heterocycles. The van der Waals surface area contributed by atoms with Gasteiger partial charge in [0.15, 0.2) is 0 Å². The van der Waals surface area contributed by atoms with Gasteiger partial charge in [-0.1, -0.05) is 6.07 Å². The van der Waals surface area contributed by atoms with Crippen molar-refractivity contribution in [1.82, 2.24) is 4.98 Å². The number of carbonyl (C=O) groups is 1. The summed E-state index contributed by atoms with van der Waals surface area (Å²) in [5.41, 5.74) is 0.848. The Hall–Kier alpha value is -2.96. The Morgan fingerprint density at radius 3 is 2.60 bits per heavy atom. The van der Waals surface area contributed by atoms with Gasteiger partial charge in [-0.2, -0.15) is 0 Å². The van der Waals surface area contributed by atoms with Gasteiger partial charge in [-0.3, -0.25) is 20.0 Å². The molecule has 0 unspecified atom stereocenters. The maximum absolute atomic E-state index is 11.3. The summed E-state index contributed by atoms with van der Waals surface area (Å²) in [6.45, 7) is 0.0963. The average Bonchev–Trinajstić information content (AvgIpc) is 2.45. The number of benzene rings is 1. The van der Waals surface area contributed by atoms with E-state index in [9.17, 15) is 20.0 Å². The Balaban J connectivity index is 2.31. The molecule has 0 saturated heterocycles. The van der Waals surface area contributed by atoms with Crippen LogP contribution in [0.3, 0.4) is 0 Å². The highest BCUT2D eigenvalue weighted by Crippen LogP contribution is 2.22.